The molecular weight excluding hydrogens is 342 g/mol. The molecule has 0 spiro atoms. The first-order valence-electron chi connectivity index (χ1n) is 8.49. The molecule has 140 valence electrons. The van der Waals surface area contributed by atoms with E-state index in [0.717, 1.165) is 12.8 Å². The van der Waals surface area contributed by atoms with Gasteiger partial charge in [-0.2, -0.15) is 0 Å². The van der Waals surface area contributed by atoms with Crippen LogP contribution in [0.1, 0.15) is 45.0 Å². The van der Waals surface area contributed by atoms with Crippen molar-refractivity contribution in [2.75, 3.05) is 18.8 Å². The summed E-state index contributed by atoms with van der Waals surface area (Å²) in [7, 11) is -3.59. The highest BCUT2D eigenvalue weighted by Crippen LogP contribution is 2.22. The van der Waals surface area contributed by atoms with Gasteiger partial charge >= 0.3 is 6.09 Å². The highest BCUT2D eigenvalue weighted by molar-refractivity contribution is 7.91. The quantitative estimate of drug-likeness (QED) is 0.761. The van der Waals surface area contributed by atoms with Gasteiger partial charge in [0, 0.05) is 24.5 Å². The number of sulfone groups is 1. The molecule has 0 bridgehead atoms. The zero-order chi connectivity index (χ0) is 18.8. The number of hydrogen-bond acceptors (Lipinski definition) is 6. The van der Waals surface area contributed by atoms with Crippen molar-refractivity contribution in [3.05, 3.63) is 17.5 Å². The molecule has 1 aliphatic heterocycles. The molecule has 0 radical (unpaired) electrons. The van der Waals surface area contributed by atoms with Gasteiger partial charge in [0.05, 0.1) is 5.75 Å². The molecule has 25 heavy (non-hydrogen) atoms. The maximum Gasteiger partial charge on any atom is 0.410 e. The summed E-state index contributed by atoms with van der Waals surface area (Å²) in [5, 5.41) is -0.126. The first-order valence-corrected chi connectivity index (χ1v) is 10.1. The van der Waals surface area contributed by atoms with Crippen LogP contribution in [0.3, 0.4) is 0 Å². The zero-order valence-corrected chi connectivity index (χ0v) is 16.4. The SMILES string of the molecule is Cc1cc(C)nc(S(=O)(=O)CC2CCCN(C(=O)OC(C)(C)C)C2)n1. The minimum atomic E-state index is -3.59. The van der Waals surface area contributed by atoms with Crippen LogP contribution in [0.4, 0.5) is 4.79 Å². The molecule has 0 N–H and O–H groups in total. The number of hydrogen-bond donors (Lipinski definition) is 0. The molecule has 1 unspecified atom stereocenters. The summed E-state index contributed by atoms with van der Waals surface area (Å²) in [4.78, 5) is 21.9. The van der Waals surface area contributed by atoms with Crippen LogP contribution in [0.15, 0.2) is 11.2 Å². The molecule has 8 heteroatoms. The van der Waals surface area contributed by atoms with E-state index in [-0.39, 0.29) is 16.8 Å². The lowest BCUT2D eigenvalue weighted by atomic mass is 10.0. The third kappa shape index (κ3) is 5.66. The molecule has 1 atom stereocenters. The van der Waals surface area contributed by atoms with E-state index < -0.39 is 21.5 Å². The van der Waals surface area contributed by atoms with E-state index in [1.54, 1.807) is 24.8 Å². The van der Waals surface area contributed by atoms with Crippen LogP contribution in [0.5, 0.6) is 0 Å². The lowest BCUT2D eigenvalue weighted by Crippen LogP contribution is -2.44. The van der Waals surface area contributed by atoms with Crippen molar-refractivity contribution >= 4 is 15.9 Å². The van der Waals surface area contributed by atoms with Gasteiger partial charge in [0.15, 0.2) is 0 Å². The lowest BCUT2D eigenvalue weighted by molar-refractivity contribution is 0.0176. The Morgan fingerprint density at radius 2 is 1.88 bits per heavy atom. The molecule has 0 aliphatic carbocycles. The Bertz CT molecular complexity index is 721. The Morgan fingerprint density at radius 1 is 1.28 bits per heavy atom. The standard InChI is InChI=1S/C17H27N3O4S/c1-12-9-13(2)19-15(18-12)25(22,23)11-14-7-6-8-20(10-14)16(21)24-17(3,4)5/h9,14H,6-8,10-11H2,1-5H3. The second-order valence-electron chi connectivity index (χ2n) is 7.65. The van der Waals surface area contributed by atoms with Gasteiger partial charge in [-0.15, -0.1) is 0 Å². The van der Waals surface area contributed by atoms with Gasteiger partial charge in [-0.25, -0.2) is 23.2 Å². The lowest BCUT2D eigenvalue weighted by Gasteiger charge is -2.33. The van der Waals surface area contributed by atoms with Gasteiger partial charge < -0.3 is 9.64 Å². The maximum atomic E-state index is 12.7. The fourth-order valence-electron chi connectivity index (χ4n) is 2.91. The van der Waals surface area contributed by atoms with Crippen LogP contribution in [0.25, 0.3) is 0 Å². The predicted molar refractivity (Wildman–Crippen MR) is 94.1 cm³/mol. The van der Waals surface area contributed by atoms with E-state index in [1.165, 1.54) is 0 Å². The Morgan fingerprint density at radius 3 is 2.44 bits per heavy atom. The van der Waals surface area contributed by atoms with E-state index >= 15 is 0 Å². The van der Waals surface area contributed by atoms with Crippen LogP contribution in [0.2, 0.25) is 0 Å². The van der Waals surface area contributed by atoms with Crippen LogP contribution in [-0.2, 0) is 14.6 Å². The van der Waals surface area contributed by atoms with Crippen molar-refractivity contribution in [3.8, 4) is 0 Å². The molecular formula is C17H27N3O4S. The number of nitrogens with zero attached hydrogens (tertiary/aromatic N) is 3. The summed E-state index contributed by atoms with van der Waals surface area (Å²) < 4.78 is 30.7. The van der Waals surface area contributed by atoms with Crippen LogP contribution >= 0.6 is 0 Å². The number of aryl methyl sites for hydroxylation is 2. The fraction of sp³-hybridized carbons (Fsp3) is 0.706. The Hall–Kier alpha value is -1.70. The van der Waals surface area contributed by atoms with E-state index in [4.69, 9.17) is 4.74 Å². The number of ether oxygens (including phenoxy) is 1. The Balaban J connectivity index is 2.07. The number of aromatic nitrogens is 2. The minimum Gasteiger partial charge on any atom is -0.444 e. The monoisotopic (exact) mass is 369 g/mol. The van der Waals surface area contributed by atoms with Gasteiger partial charge in [0.25, 0.3) is 0 Å². The maximum absolute atomic E-state index is 12.7. The number of rotatable bonds is 3. The molecule has 1 aliphatic rings. The summed E-state index contributed by atoms with van der Waals surface area (Å²) >= 11 is 0. The van der Waals surface area contributed by atoms with Gasteiger partial charge in [-0.3, -0.25) is 0 Å². The minimum absolute atomic E-state index is 0.0603. The van der Waals surface area contributed by atoms with Crippen LogP contribution < -0.4 is 0 Å². The third-order valence-electron chi connectivity index (χ3n) is 3.87. The molecule has 7 nitrogen and oxygen atoms in total. The van der Waals surface area contributed by atoms with Crippen molar-refractivity contribution in [2.24, 2.45) is 5.92 Å². The molecule has 1 aromatic rings. The normalized spacial score (nSPS) is 18.9. The molecule has 0 aromatic carbocycles. The fourth-order valence-corrected chi connectivity index (χ4v) is 4.52. The van der Waals surface area contributed by atoms with Gasteiger partial charge in [-0.1, -0.05) is 0 Å². The van der Waals surface area contributed by atoms with Crippen molar-refractivity contribution < 1.29 is 17.9 Å². The third-order valence-corrected chi connectivity index (χ3v) is 5.51. The molecule has 1 amide bonds. The molecule has 2 rings (SSSR count). The molecule has 0 saturated carbocycles. The number of piperidine rings is 1. The van der Waals surface area contributed by atoms with Crippen molar-refractivity contribution in [3.63, 3.8) is 0 Å². The van der Waals surface area contributed by atoms with Crippen LogP contribution in [0, 0.1) is 19.8 Å². The zero-order valence-electron chi connectivity index (χ0n) is 15.6. The summed E-state index contributed by atoms with van der Waals surface area (Å²) in [5.74, 6) is -0.203. The molecule has 1 aromatic heterocycles. The Kier molecular flexibility index (Phi) is 5.71. The van der Waals surface area contributed by atoms with Crippen molar-refractivity contribution in [1.82, 2.24) is 14.9 Å². The number of carbonyl (C=O) groups excluding carboxylic acids is 1. The molecule has 1 saturated heterocycles. The summed E-state index contributed by atoms with van der Waals surface area (Å²) in [6.07, 6.45) is 1.12. The number of amides is 1. The van der Waals surface area contributed by atoms with E-state index in [1.807, 2.05) is 20.8 Å². The molecule has 2 heterocycles. The highest BCUT2D eigenvalue weighted by atomic mass is 32.2. The van der Waals surface area contributed by atoms with Gasteiger partial charge in [0.1, 0.15) is 5.60 Å². The van der Waals surface area contributed by atoms with Crippen molar-refractivity contribution in [2.45, 2.75) is 58.2 Å². The van der Waals surface area contributed by atoms with E-state index in [0.29, 0.717) is 24.5 Å². The van der Waals surface area contributed by atoms with Gasteiger partial charge in [0.2, 0.25) is 15.0 Å². The average molecular weight is 369 g/mol. The van der Waals surface area contributed by atoms with E-state index in [9.17, 15) is 13.2 Å². The second kappa shape index (κ2) is 7.27. The van der Waals surface area contributed by atoms with Gasteiger partial charge in [-0.05, 0) is 59.4 Å². The number of likely N-dealkylation sites (tertiary alicyclic amines) is 1. The number of carbonyl (C=O) groups is 1. The second-order valence-corrected chi connectivity index (χ2v) is 9.58. The van der Waals surface area contributed by atoms with Crippen LogP contribution in [-0.4, -0.2) is 53.8 Å². The Labute approximate surface area is 149 Å². The molecule has 1 fully saturated rings. The van der Waals surface area contributed by atoms with Crippen molar-refractivity contribution in [1.29, 1.82) is 0 Å². The largest absolute Gasteiger partial charge is 0.444 e. The first kappa shape index (κ1) is 19.6. The summed E-state index contributed by atoms with van der Waals surface area (Å²) in [6.45, 7) is 9.90. The van der Waals surface area contributed by atoms with E-state index in [2.05, 4.69) is 9.97 Å². The highest BCUT2D eigenvalue weighted by Gasteiger charge is 2.31. The summed E-state index contributed by atoms with van der Waals surface area (Å²) in [6, 6.07) is 1.74. The topological polar surface area (TPSA) is 89.5 Å². The predicted octanol–water partition coefficient (Wildman–Crippen LogP) is 2.51. The average Bonchev–Trinajstić information content (AvgIpc) is 2.44. The smallest absolute Gasteiger partial charge is 0.410 e. The summed E-state index contributed by atoms with van der Waals surface area (Å²) in [5.41, 5.74) is 0.693. The first-order chi connectivity index (χ1) is 11.5.